The maximum Gasteiger partial charge on any atom is 0.414 e. The number of hydrogen-bond acceptors (Lipinski definition) is 3. The van der Waals surface area contributed by atoms with Crippen LogP contribution in [0.4, 0.5) is 10.5 Å². The van der Waals surface area contributed by atoms with E-state index in [1.165, 1.54) is 4.90 Å². The minimum absolute atomic E-state index is 0.400. The van der Waals surface area contributed by atoms with Crippen molar-refractivity contribution in [1.29, 1.82) is 0 Å². The lowest BCUT2D eigenvalue weighted by Crippen LogP contribution is -2.34. The van der Waals surface area contributed by atoms with Crippen LogP contribution in [0.3, 0.4) is 0 Å². The number of methoxy groups -OCH3 is 1. The van der Waals surface area contributed by atoms with E-state index in [1.807, 2.05) is 32.9 Å². The monoisotopic (exact) mass is 315 g/mol. The highest BCUT2D eigenvalue weighted by Crippen LogP contribution is 2.27. The molecule has 1 amide bonds. The van der Waals surface area contributed by atoms with Gasteiger partial charge in [0.2, 0.25) is 0 Å². The Balaban J connectivity index is 2.93. The lowest BCUT2D eigenvalue weighted by molar-refractivity contribution is 0.0589. The Morgan fingerprint density at radius 1 is 1.28 bits per heavy atom. The molecule has 0 aromatic heterocycles. The summed E-state index contributed by atoms with van der Waals surface area (Å²) in [6.07, 6.45) is -0.400. The summed E-state index contributed by atoms with van der Waals surface area (Å²) in [5.74, 6) is 0.676. The molecule has 4 nitrogen and oxygen atoms in total. The molecule has 0 aliphatic carbocycles. The highest BCUT2D eigenvalue weighted by molar-refractivity contribution is 9.10. The Bertz CT molecular complexity index is 440. The molecule has 100 valence electrons. The summed E-state index contributed by atoms with van der Waals surface area (Å²) in [6.45, 7) is 5.50. The van der Waals surface area contributed by atoms with E-state index in [9.17, 15) is 4.79 Å². The number of amides is 1. The van der Waals surface area contributed by atoms with Gasteiger partial charge in [-0.05, 0) is 32.9 Å². The third kappa shape index (κ3) is 4.22. The number of carbonyl (C=O) groups excluding carboxylic acids is 1. The number of carbonyl (C=O) groups is 1. The molecule has 1 aromatic carbocycles. The molecule has 0 bridgehead atoms. The number of nitrogens with zero attached hydrogens (tertiary/aromatic N) is 1. The molecule has 0 fully saturated rings. The molecule has 0 unspecified atom stereocenters. The fourth-order valence-corrected chi connectivity index (χ4v) is 1.76. The molecule has 0 spiro atoms. The van der Waals surface area contributed by atoms with Gasteiger partial charge in [0.25, 0.3) is 0 Å². The first-order chi connectivity index (χ1) is 8.23. The van der Waals surface area contributed by atoms with Crippen molar-refractivity contribution in [3.63, 3.8) is 0 Å². The summed E-state index contributed by atoms with van der Waals surface area (Å²) in [4.78, 5) is 13.4. The lowest BCUT2D eigenvalue weighted by Gasteiger charge is -2.25. The zero-order valence-electron chi connectivity index (χ0n) is 11.3. The third-order valence-electron chi connectivity index (χ3n) is 2.15. The second-order valence-electron chi connectivity index (χ2n) is 4.89. The van der Waals surface area contributed by atoms with E-state index in [1.54, 1.807) is 20.2 Å². The van der Waals surface area contributed by atoms with Crippen molar-refractivity contribution in [2.24, 2.45) is 0 Å². The Morgan fingerprint density at radius 3 is 2.39 bits per heavy atom. The van der Waals surface area contributed by atoms with Gasteiger partial charge in [-0.3, -0.25) is 4.90 Å². The van der Waals surface area contributed by atoms with E-state index in [4.69, 9.17) is 9.47 Å². The van der Waals surface area contributed by atoms with Crippen molar-refractivity contribution in [2.45, 2.75) is 26.4 Å². The van der Waals surface area contributed by atoms with Gasteiger partial charge in [0.15, 0.2) is 0 Å². The Morgan fingerprint density at radius 2 is 1.89 bits per heavy atom. The van der Waals surface area contributed by atoms with Gasteiger partial charge in [-0.25, -0.2) is 4.79 Å². The fourth-order valence-electron chi connectivity index (χ4n) is 1.30. The first-order valence-corrected chi connectivity index (χ1v) is 6.33. The number of ether oxygens (including phenoxy) is 2. The van der Waals surface area contributed by atoms with Crippen molar-refractivity contribution in [1.82, 2.24) is 0 Å². The van der Waals surface area contributed by atoms with Gasteiger partial charge in [-0.1, -0.05) is 15.9 Å². The molecule has 0 saturated carbocycles. The Hall–Kier alpha value is -1.23. The summed E-state index contributed by atoms with van der Waals surface area (Å²) >= 11 is 3.37. The molecular formula is C13H18BrNO3. The quantitative estimate of drug-likeness (QED) is 0.832. The molecule has 0 heterocycles. The van der Waals surface area contributed by atoms with E-state index < -0.39 is 11.7 Å². The molecule has 1 rings (SSSR count). The highest BCUT2D eigenvalue weighted by Gasteiger charge is 2.21. The predicted octanol–water partition coefficient (Wildman–Crippen LogP) is 3.83. The molecule has 0 aliphatic rings. The van der Waals surface area contributed by atoms with Crippen molar-refractivity contribution in [3.05, 3.63) is 22.7 Å². The van der Waals surface area contributed by atoms with Gasteiger partial charge >= 0.3 is 6.09 Å². The molecule has 0 N–H and O–H groups in total. The normalized spacial score (nSPS) is 11.0. The molecule has 18 heavy (non-hydrogen) atoms. The number of halogens is 1. The molecule has 5 heteroatoms. The van der Waals surface area contributed by atoms with Crippen LogP contribution in [0.15, 0.2) is 22.7 Å². The summed E-state index contributed by atoms with van der Waals surface area (Å²) < 4.78 is 11.3. The lowest BCUT2D eigenvalue weighted by atomic mass is 10.2. The second-order valence-corrected chi connectivity index (χ2v) is 5.80. The predicted molar refractivity (Wildman–Crippen MR) is 75.3 cm³/mol. The molecular weight excluding hydrogens is 298 g/mol. The van der Waals surface area contributed by atoms with Gasteiger partial charge in [-0.2, -0.15) is 0 Å². The van der Waals surface area contributed by atoms with Crippen LogP contribution in [0.5, 0.6) is 5.75 Å². The van der Waals surface area contributed by atoms with E-state index in [2.05, 4.69) is 15.9 Å². The van der Waals surface area contributed by atoms with Crippen LogP contribution >= 0.6 is 15.9 Å². The maximum atomic E-state index is 11.9. The van der Waals surface area contributed by atoms with Crippen LogP contribution in [0.1, 0.15) is 20.8 Å². The SMILES string of the molecule is COc1cc(Br)cc(N(C)C(=O)OC(C)(C)C)c1. The highest BCUT2D eigenvalue weighted by atomic mass is 79.9. The summed E-state index contributed by atoms with van der Waals surface area (Å²) in [5.41, 5.74) is 0.192. The van der Waals surface area contributed by atoms with E-state index in [-0.39, 0.29) is 0 Å². The Kier molecular flexibility index (Phi) is 4.62. The zero-order valence-corrected chi connectivity index (χ0v) is 12.9. The van der Waals surface area contributed by atoms with Gasteiger partial charge in [-0.15, -0.1) is 0 Å². The second kappa shape index (κ2) is 5.61. The minimum atomic E-state index is -0.512. The van der Waals surface area contributed by atoms with E-state index in [0.717, 1.165) is 4.47 Å². The van der Waals surface area contributed by atoms with E-state index >= 15 is 0 Å². The molecule has 0 atom stereocenters. The minimum Gasteiger partial charge on any atom is -0.497 e. The molecule has 0 aliphatic heterocycles. The largest absolute Gasteiger partial charge is 0.497 e. The number of rotatable bonds is 2. The summed E-state index contributed by atoms with van der Waals surface area (Å²) in [5, 5.41) is 0. The van der Waals surface area contributed by atoms with Crippen LogP contribution in [-0.4, -0.2) is 25.9 Å². The van der Waals surface area contributed by atoms with Gasteiger partial charge in [0.1, 0.15) is 11.4 Å². The van der Waals surface area contributed by atoms with Gasteiger partial charge < -0.3 is 9.47 Å². The molecule has 1 aromatic rings. The first kappa shape index (κ1) is 14.8. The van der Waals surface area contributed by atoms with E-state index in [0.29, 0.717) is 11.4 Å². The van der Waals surface area contributed by atoms with Crippen molar-refractivity contribution in [3.8, 4) is 5.75 Å². The van der Waals surface area contributed by atoms with Crippen molar-refractivity contribution in [2.75, 3.05) is 19.1 Å². The van der Waals surface area contributed by atoms with Crippen LogP contribution in [0.25, 0.3) is 0 Å². The van der Waals surface area contributed by atoms with Crippen LogP contribution < -0.4 is 9.64 Å². The number of hydrogen-bond donors (Lipinski definition) is 0. The topological polar surface area (TPSA) is 38.8 Å². The summed E-state index contributed by atoms with van der Waals surface area (Å²) in [7, 11) is 3.24. The standard InChI is InChI=1S/C13H18BrNO3/c1-13(2,3)18-12(16)15(4)10-6-9(14)7-11(8-10)17-5/h6-8H,1-5H3. The number of benzene rings is 1. The van der Waals surface area contributed by atoms with Crippen molar-refractivity contribution < 1.29 is 14.3 Å². The van der Waals surface area contributed by atoms with Crippen LogP contribution in [-0.2, 0) is 4.74 Å². The zero-order chi connectivity index (χ0) is 13.9. The van der Waals surface area contributed by atoms with Crippen LogP contribution in [0, 0.1) is 0 Å². The summed E-state index contributed by atoms with van der Waals surface area (Å²) in [6, 6.07) is 5.42. The maximum absolute atomic E-state index is 11.9. The third-order valence-corrected chi connectivity index (χ3v) is 2.60. The average Bonchev–Trinajstić information content (AvgIpc) is 2.24. The van der Waals surface area contributed by atoms with Gasteiger partial charge in [0, 0.05) is 17.6 Å². The molecule has 0 radical (unpaired) electrons. The molecule has 0 saturated heterocycles. The average molecular weight is 316 g/mol. The van der Waals surface area contributed by atoms with Gasteiger partial charge in [0.05, 0.1) is 12.8 Å². The first-order valence-electron chi connectivity index (χ1n) is 5.54. The van der Waals surface area contributed by atoms with Crippen LogP contribution in [0.2, 0.25) is 0 Å². The number of anilines is 1. The van der Waals surface area contributed by atoms with Crippen molar-refractivity contribution >= 4 is 27.7 Å². The Labute approximate surface area is 116 Å². The smallest absolute Gasteiger partial charge is 0.414 e. The fraction of sp³-hybridized carbons (Fsp3) is 0.462.